The Labute approximate surface area is 127 Å². The molecule has 0 radical (unpaired) electrons. The van der Waals surface area contributed by atoms with Crippen LogP contribution >= 0.6 is 11.6 Å². The first-order valence-corrected chi connectivity index (χ1v) is 7.71. The molecule has 2 atom stereocenters. The van der Waals surface area contributed by atoms with E-state index in [1.165, 1.54) is 12.8 Å². The zero-order valence-electron chi connectivity index (χ0n) is 12.7. The van der Waals surface area contributed by atoms with E-state index in [1.807, 2.05) is 25.1 Å². The summed E-state index contributed by atoms with van der Waals surface area (Å²) in [6.45, 7) is 7.10. The van der Waals surface area contributed by atoms with Gasteiger partial charge in [-0.2, -0.15) is 0 Å². The fraction of sp³-hybridized carbons (Fsp3) is 0.625. The van der Waals surface area contributed by atoms with Gasteiger partial charge in [-0.25, -0.2) is 0 Å². The van der Waals surface area contributed by atoms with Crippen molar-refractivity contribution in [2.24, 2.45) is 0 Å². The summed E-state index contributed by atoms with van der Waals surface area (Å²) in [5.74, 6) is 0.741. The topological polar surface area (TPSA) is 41.5 Å². The highest BCUT2D eigenvalue weighted by Crippen LogP contribution is 2.21. The van der Waals surface area contributed by atoms with E-state index in [2.05, 4.69) is 19.2 Å². The molecule has 0 bridgehead atoms. The third kappa shape index (κ3) is 6.60. The molecule has 0 amide bonds. The average Bonchev–Trinajstić information content (AvgIpc) is 2.44. The van der Waals surface area contributed by atoms with Crippen LogP contribution in [0.3, 0.4) is 0 Å². The number of aryl methyl sites for hydroxylation is 1. The van der Waals surface area contributed by atoms with Crippen LogP contribution in [0.25, 0.3) is 0 Å². The summed E-state index contributed by atoms with van der Waals surface area (Å²) in [7, 11) is 0. The van der Waals surface area contributed by atoms with Gasteiger partial charge >= 0.3 is 0 Å². The van der Waals surface area contributed by atoms with Crippen molar-refractivity contribution in [2.75, 3.05) is 13.2 Å². The van der Waals surface area contributed by atoms with Crippen LogP contribution in [0, 0.1) is 6.92 Å². The Morgan fingerprint density at radius 2 is 2.15 bits per heavy atom. The Morgan fingerprint density at radius 1 is 1.40 bits per heavy atom. The van der Waals surface area contributed by atoms with Crippen LogP contribution in [0.15, 0.2) is 18.2 Å². The molecule has 1 rings (SSSR count). The maximum Gasteiger partial charge on any atom is 0.119 e. The summed E-state index contributed by atoms with van der Waals surface area (Å²) in [5, 5.41) is 13.9. The second-order valence-electron chi connectivity index (χ2n) is 5.33. The zero-order chi connectivity index (χ0) is 15.0. The molecule has 0 aromatic heterocycles. The van der Waals surface area contributed by atoms with Gasteiger partial charge in [0.1, 0.15) is 18.5 Å². The number of ether oxygens (including phenoxy) is 1. The molecule has 1 aromatic carbocycles. The Balaban J connectivity index is 2.25. The molecule has 2 unspecified atom stereocenters. The van der Waals surface area contributed by atoms with E-state index < -0.39 is 6.10 Å². The van der Waals surface area contributed by atoms with Crippen molar-refractivity contribution < 1.29 is 9.84 Å². The van der Waals surface area contributed by atoms with E-state index in [0.29, 0.717) is 12.6 Å². The Morgan fingerprint density at radius 3 is 2.80 bits per heavy atom. The largest absolute Gasteiger partial charge is 0.491 e. The standard InChI is InChI=1S/C16H26ClNO2/c1-4-5-6-13(3)18-10-14(19)11-20-15-7-8-16(17)12(2)9-15/h7-9,13-14,18-19H,4-6,10-11H2,1-3H3. The highest BCUT2D eigenvalue weighted by molar-refractivity contribution is 6.31. The smallest absolute Gasteiger partial charge is 0.119 e. The highest BCUT2D eigenvalue weighted by atomic mass is 35.5. The lowest BCUT2D eigenvalue weighted by Gasteiger charge is -2.17. The van der Waals surface area contributed by atoms with Gasteiger partial charge < -0.3 is 15.2 Å². The van der Waals surface area contributed by atoms with E-state index in [9.17, 15) is 5.11 Å². The number of halogens is 1. The first-order chi connectivity index (χ1) is 9.52. The molecule has 20 heavy (non-hydrogen) atoms. The predicted octanol–water partition coefficient (Wildman–Crippen LogP) is 3.56. The van der Waals surface area contributed by atoms with Crippen molar-refractivity contribution in [2.45, 2.75) is 52.2 Å². The fourth-order valence-corrected chi connectivity index (χ4v) is 2.03. The number of aliphatic hydroxyl groups excluding tert-OH is 1. The summed E-state index contributed by atoms with van der Waals surface area (Å²) in [4.78, 5) is 0. The number of hydrogen-bond donors (Lipinski definition) is 2. The molecule has 0 aliphatic heterocycles. The maximum atomic E-state index is 9.90. The lowest BCUT2D eigenvalue weighted by molar-refractivity contribution is 0.104. The van der Waals surface area contributed by atoms with Crippen LogP contribution in [-0.2, 0) is 0 Å². The lowest BCUT2D eigenvalue weighted by atomic mass is 10.1. The normalized spacial score (nSPS) is 14.1. The van der Waals surface area contributed by atoms with E-state index >= 15 is 0 Å². The Bertz CT molecular complexity index is 398. The van der Waals surface area contributed by atoms with Crippen LogP contribution in [0.1, 0.15) is 38.7 Å². The Hall–Kier alpha value is -0.770. The van der Waals surface area contributed by atoms with Gasteiger partial charge in [-0.3, -0.25) is 0 Å². The van der Waals surface area contributed by atoms with E-state index in [0.717, 1.165) is 22.8 Å². The SMILES string of the molecule is CCCCC(C)NCC(O)COc1ccc(Cl)c(C)c1. The van der Waals surface area contributed by atoms with Gasteiger partial charge in [0.05, 0.1) is 0 Å². The summed E-state index contributed by atoms with van der Waals surface area (Å²) in [6.07, 6.45) is 3.05. The minimum Gasteiger partial charge on any atom is -0.491 e. The van der Waals surface area contributed by atoms with Crippen molar-refractivity contribution >= 4 is 11.6 Å². The van der Waals surface area contributed by atoms with Gasteiger partial charge in [0.2, 0.25) is 0 Å². The van der Waals surface area contributed by atoms with Gasteiger partial charge in [-0.1, -0.05) is 31.4 Å². The number of benzene rings is 1. The minimum atomic E-state index is -0.505. The minimum absolute atomic E-state index is 0.286. The molecule has 0 aliphatic carbocycles. The van der Waals surface area contributed by atoms with Crippen LogP contribution in [0.5, 0.6) is 5.75 Å². The van der Waals surface area contributed by atoms with Crippen molar-refractivity contribution in [3.05, 3.63) is 28.8 Å². The van der Waals surface area contributed by atoms with Crippen LogP contribution in [0.4, 0.5) is 0 Å². The zero-order valence-corrected chi connectivity index (χ0v) is 13.4. The number of hydrogen-bond acceptors (Lipinski definition) is 3. The van der Waals surface area contributed by atoms with Gasteiger partial charge in [-0.15, -0.1) is 0 Å². The first kappa shape index (κ1) is 17.3. The number of rotatable bonds is 9. The van der Waals surface area contributed by atoms with E-state index in [4.69, 9.17) is 16.3 Å². The van der Waals surface area contributed by atoms with Crippen molar-refractivity contribution in [1.29, 1.82) is 0 Å². The molecule has 114 valence electrons. The second-order valence-corrected chi connectivity index (χ2v) is 5.73. The van der Waals surface area contributed by atoms with Crippen molar-refractivity contribution in [3.63, 3.8) is 0 Å². The van der Waals surface area contributed by atoms with Crippen LogP contribution < -0.4 is 10.1 Å². The molecular formula is C16H26ClNO2. The molecule has 1 aromatic rings. The third-order valence-electron chi connectivity index (χ3n) is 3.26. The fourth-order valence-electron chi connectivity index (χ4n) is 1.91. The summed E-state index contributed by atoms with van der Waals surface area (Å²) >= 11 is 5.95. The number of unbranched alkanes of at least 4 members (excludes halogenated alkanes) is 1. The molecule has 2 N–H and O–H groups in total. The summed E-state index contributed by atoms with van der Waals surface area (Å²) in [6, 6.07) is 5.94. The predicted molar refractivity (Wildman–Crippen MR) is 84.7 cm³/mol. The molecule has 0 heterocycles. The molecule has 0 fully saturated rings. The first-order valence-electron chi connectivity index (χ1n) is 7.33. The molecule has 0 saturated carbocycles. The van der Waals surface area contributed by atoms with Crippen molar-refractivity contribution in [3.8, 4) is 5.75 Å². The molecule has 0 spiro atoms. The molecule has 0 aliphatic rings. The van der Waals surface area contributed by atoms with Gasteiger partial charge in [0.25, 0.3) is 0 Å². The second kappa shape index (κ2) is 9.22. The highest BCUT2D eigenvalue weighted by Gasteiger charge is 2.08. The van der Waals surface area contributed by atoms with Gasteiger partial charge in [-0.05, 0) is 44.0 Å². The van der Waals surface area contributed by atoms with Gasteiger partial charge in [0, 0.05) is 17.6 Å². The van der Waals surface area contributed by atoms with Crippen molar-refractivity contribution in [1.82, 2.24) is 5.32 Å². The summed E-state index contributed by atoms with van der Waals surface area (Å²) in [5.41, 5.74) is 0.977. The number of aliphatic hydroxyl groups is 1. The number of nitrogens with one attached hydrogen (secondary N) is 1. The van der Waals surface area contributed by atoms with Crippen LogP contribution in [-0.4, -0.2) is 30.4 Å². The quantitative estimate of drug-likeness (QED) is 0.732. The molecule has 3 nitrogen and oxygen atoms in total. The molecular weight excluding hydrogens is 274 g/mol. The Kier molecular flexibility index (Phi) is 7.97. The van der Waals surface area contributed by atoms with Crippen LogP contribution in [0.2, 0.25) is 5.02 Å². The molecule has 4 heteroatoms. The summed E-state index contributed by atoms with van der Waals surface area (Å²) < 4.78 is 5.57. The lowest BCUT2D eigenvalue weighted by Crippen LogP contribution is -2.36. The average molecular weight is 300 g/mol. The maximum absolute atomic E-state index is 9.90. The van der Waals surface area contributed by atoms with E-state index in [1.54, 1.807) is 0 Å². The third-order valence-corrected chi connectivity index (χ3v) is 3.69. The monoisotopic (exact) mass is 299 g/mol. The van der Waals surface area contributed by atoms with E-state index in [-0.39, 0.29) is 6.61 Å². The van der Waals surface area contributed by atoms with Gasteiger partial charge in [0.15, 0.2) is 0 Å². The molecule has 0 saturated heterocycles.